The summed E-state index contributed by atoms with van der Waals surface area (Å²) in [6.45, 7) is 0.821. The van der Waals surface area contributed by atoms with Gasteiger partial charge in [0.05, 0.1) is 30.3 Å². The predicted octanol–water partition coefficient (Wildman–Crippen LogP) is 3.91. The summed E-state index contributed by atoms with van der Waals surface area (Å²) in [5.74, 6) is 0.0843. The van der Waals surface area contributed by atoms with Crippen LogP contribution >= 0.6 is 11.6 Å². The molecule has 5 nitrogen and oxygen atoms in total. The van der Waals surface area contributed by atoms with E-state index in [2.05, 4.69) is 5.32 Å². The summed E-state index contributed by atoms with van der Waals surface area (Å²) in [7, 11) is 1.55. The van der Waals surface area contributed by atoms with Crippen molar-refractivity contribution in [2.75, 3.05) is 32.2 Å². The summed E-state index contributed by atoms with van der Waals surface area (Å²) in [5.41, 5.74) is 0.263. The zero-order valence-corrected chi connectivity index (χ0v) is 14.5. The highest BCUT2D eigenvalue weighted by atomic mass is 35.5. The summed E-state index contributed by atoms with van der Waals surface area (Å²) < 4.78 is 29.3. The van der Waals surface area contributed by atoms with Crippen LogP contribution in [0.4, 0.5) is 10.1 Å². The molecule has 0 aliphatic heterocycles. The van der Waals surface area contributed by atoms with Gasteiger partial charge in [-0.3, -0.25) is 4.79 Å². The monoisotopic (exact) mass is 367 g/mol. The maximum atomic E-state index is 13.4. The van der Waals surface area contributed by atoms with Crippen molar-refractivity contribution in [3.05, 3.63) is 53.3 Å². The number of carbonyl (C=O) groups excluding carboxylic acids is 1. The van der Waals surface area contributed by atoms with Crippen LogP contribution in [-0.2, 0) is 9.53 Å². The van der Waals surface area contributed by atoms with E-state index >= 15 is 0 Å². The Labute approximate surface area is 150 Å². The number of benzene rings is 2. The van der Waals surface area contributed by atoms with Gasteiger partial charge in [-0.25, -0.2) is 4.39 Å². The van der Waals surface area contributed by atoms with Gasteiger partial charge in [0, 0.05) is 13.2 Å². The van der Waals surface area contributed by atoms with Crippen molar-refractivity contribution in [2.45, 2.75) is 6.42 Å². The molecule has 0 unspecified atom stereocenters. The molecule has 0 aromatic heterocycles. The van der Waals surface area contributed by atoms with Gasteiger partial charge in [0.15, 0.2) is 0 Å². The van der Waals surface area contributed by atoms with Crippen molar-refractivity contribution in [2.24, 2.45) is 0 Å². The Bertz CT molecular complexity index is 711. The summed E-state index contributed by atoms with van der Waals surface area (Å²) in [6.07, 6.45) is 0.0826. The Morgan fingerprint density at radius 2 is 1.84 bits per heavy atom. The maximum absolute atomic E-state index is 13.4. The topological polar surface area (TPSA) is 56.8 Å². The first-order valence-corrected chi connectivity index (χ1v) is 8.06. The molecule has 0 spiro atoms. The first kappa shape index (κ1) is 19.0. The van der Waals surface area contributed by atoms with Crippen LogP contribution in [0.25, 0.3) is 0 Å². The van der Waals surface area contributed by atoms with Crippen LogP contribution in [0.15, 0.2) is 42.5 Å². The lowest BCUT2D eigenvalue weighted by atomic mass is 10.2. The lowest BCUT2D eigenvalue weighted by Crippen LogP contribution is -2.16. The molecule has 0 saturated heterocycles. The Morgan fingerprint density at radius 3 is 2.60 bits per heavy atom. The van der Waals surface area contributed by atoms with Gasteiger partial charge in [0.1, 0.15) is 23.9 Å². The van der Waals surface area contributed by atoms with Crippen LogP contribution in [0.1, 0.15) is 6.42 Å². The molecular formula is C18H19ClFNO4. The maximum Gasteiger partial charge on any atom is 0.227 e. The fraction of sp³-hybridized carbons (Fsp3) is 0.278. The molecule has 2 aromatic carbocycles. The number of rotatable bonds is 9. The van der Waals surface area contributed by atoms with E-state index < -0.39 is 5.82 Å². The Morgan fingerprint density at radius 1 is 1.08 bits per heavy atom. The molecule has 0 atom stereocenters. The number of halogens is 2. The van der Waals surface area contributed by atoms with Gasteiger partial charge in [-0.2, -0.15) is 0 Å². The second kappa shape index (κ2) is 9.86. The first-order valence-electron chi connectivity index (χ1n) is 7.68. The van der Waals surface area contributed by atoms with Gasteiger partial charge in [-0.1, -0.05) is 23.7 Å². The molecule has 0 aliphatic carbocycles. The van der Waals surface area contributed by atoms with E-state index in [1.807, 2.05) is 0 Å². The highest BCUT2D eigenvalue weighted by Gasteiger charge is 2.10. The van der Waals surface area contributed by atoms with Crippen LogP contribution in [-0.4, -0.2) is 32.8 Å². The molecule has 0 heterocycles. The highest BCUT2D eigenvalue weighted by molar-refractivity contribution is 6.32. The molecule has 1 amide bonds. The average Bonchev–Trinajstić information content (AvgIpc) is 2.59. The largest absolute Gasteiger partial charge is 0.491 e. The molecule has 2 rings (SSSR count). The van der Waals surface area contributed by atoms with E-state index in [-0.39, 0.29) is 24.6 Å². The molecule has 134 valence electrons. The van der Waals surface area contributed by atoms with Gasteiger partial charge in [-0.15, -0.1) is 0 Å². The molecule has 25 heavy (non-hydrogen) atoms. The average molecular weight is 368 g/mol. The number of hydrogen-bond donors (Lipinski definition) is 1. The Kier molecular flexibility index (Phi) is 7.50. The lowest BCUT2D eigenvalue weighted by Gasteiger charge is -2.13. The molecule has 1 N–H and O–H groups in total. The fourth-order valence-electron chi connectivity index (χ4n) is 1.99. The zero-order valence-electron chi connectivity index (χ0n) is 13.8. The normalized spacial score (nSPS) is 10.4. The number of amides is 1. The third-order valence-electron chi connectivity index (χ3n) is 3.18. The van der Waals surface area contributed by atoms with Gasteiger partial charge < -0.3 is 19.5 Å². The van der Waals surface area contributed by atoms with Gasteiger partial charge in [-0.05, 0) is 24.3 Å². The summed E-state index contributed by atoms with van der Waals surface area (Å²) in [4.78, 5) is 12.1. The summed E-state index contributed by atoms with van der Waals surface area (Å²) in [6, 6.07) is 10.9. The van der Waals surface area contributed by atoms with E-state index in [9.17, 15) is 9.18 Å². The van der Waals surface area contributed by atoms with E-state index in [0.29, 0.717) is 29.7 Å². The SMILES string of the molecule is COCCOc1ccc(F)cc1NC(=O)CCOc1ccccc1Cl. The van der Waals surface area contributed by atoms with E-state index in [0.717, 1.165) is 0 Å². The standard InChI is InChI=1S/C18H19ClFNO4/c1-23-10-11-25-17-7-6-13(20)12-15(17)21-18(22)8-9-24-16-5-3-2-4-14(16)19/h2-7,12H,8-11H2,1H3,(H,21,22). The van der Waals surface area contributed by atoms with E-state index in [1.165, 1.54) is 18.2 Å². The lowest BCUT2D eigenvalue weighted by molar-refractivity contribution is -0.116. The number of para-hydroxylation sites is 1. The molecule has 0 bridgehead atoms. The van der Waals surface area contributed by atoms with Crippen molar-refractivity contribution in [3.8, 4) is 11.5 Å². The first-order chi connectivity index (χ1) is 12.1. The molecular weight excluding hydrogens is 349 g/mol. The summed E-state index contributed by atoms with van der Waals surface area (Å²) in [5, 5.41) is 3.10. The second-order valence-electron chi connectivity index (χ2n) is 5.06. The quantitative estimate of drug-likeness (QED) is 0.683. The number of ether oxygens (including phenoxy) is 3. The predicted molar refractivity (Wildman–Crippen MR) is 94.0 cm³/mol. The molecule has 2 aromatic rings. The minimum absolute atomic E-state index is 0.0826. The summed E-state index contributed by atoms with van der Waals surface area (Å²) >= 11 is 5.97. The van der Waals surface area contributed by atoms with Crippen molar-refractivity contribution >= 4 is 23.2 Å². The van der Waals surface area contributed by atoms with Crippen LogP contribution in [0, 0.1) is 5.82 Å². The smallest absolute Gasteiger partial charge is 0.227 e. The van der Waals surface area contributed by atoms with Crippen molar-refractivity contribution in [1.82, 2.24) is 0 Å². The van der Waals surface area contributed by atoms with E-state index in [1.54, 1.807) is 31.4 Å². The number of carbonyl (C=O) groups is 1. The highest BCUT2D eigenvalue weighted by Crippen LogP contribution is 2.26. The van der Waals surface area contributed by atoms with Crippen LogP contribution in [0.3, 0.4) is 0 Å². The van der Waals surface area contributed by atoms with Gasteiger partial charge in [0.2, 0.25) is 5.91 Å². The third-order valence-corrected chi connectivity index (χ3v) is 3.50. The molecule has 0 saturated carbocycles. The van der Waals surface area contributed by atoms with Crippen molar-refractivity contribution < 1.29 is 23.4 Å². The second-order valence-corrected chi connectivity index (χ2v) is 5.47. The Hall–Kier alpha value is -2.31. The number of nitrogens with one attached hydrogen (secondary N) is 1. The number of hydrogen-bond acceptors (Lipinski definition) is 4. The van der Waals surface area contributed by atoms with Crippen molar-refractivity contribution in [1.29, 1.82) is 0 Å². The minimum Gasteiger partial charge on any atom is -0.491 e. The molecule has 0 fully saturated rings. The minimum atomic E-state index is -0.471. The number of anilines is 1. The fourth-order valence-corrected chi connectivity index (χ4v) is 2.18. The van der Waals surface area contributed by atoms with Gasteiger partial charge >= 0.3 is 0 Å². The number of methoxy groups -OCH3 is 1. The van der Waals surface area contributed by atoms with Gasteiger partial charge in [0.25, 0.3) is 0 Å². The Balaban J connectivity index is 1.89. The van der Waals surface area contributed by atoms with Crippen LogP contribution in [0.5, 0.6) is 11.5 Å². The molecule has 7 heteroatoms. The van der Waals surface area contributed by atoms with Crippen molar-refractivity contribution in [3.63, 3.8) is 0 Å². The third kappa shape index (κ3) is 6.25. The van der Waals surface area contributed by atoms with E-state index in [4.69, 9.17) is 25.8 Å². The molecule has 0 aliphatic rings. The zero-order chi connectivity index (χ0) is 18.1. The molecule has 0 radical (unpaired) electrons. The van der Waals surface area contributed by atoms with Crippen LogP contribution in [0.2, 0.25) is 5.02 Å². The van der Waals surface area contributed by atoms with Crippen LogP contribution < -0.4 is 14.8 Å².